The third-order valence-electron chi connectivity index (χ3n) is 5.69. The quantitative estimate of drug-likeness (QED) is 0.108. The zero-order valence-corrected chi connectivity index (χ0v) is 27.1. The normalized spacial score (nSPS) is 14.0. The Morgan fingerprint density at radius 3 is 1.61 bits per heavy atom. The molecule has 0 fully saturated rings. The average Bonchev–Trinajstić information content (AvgIpc) is 2.61. The van der Waals surface area contributed by atoms with Gasteiger partial charge in [-0.1, -0.05) is 90.9 Å². The van der Waals surface area contributed by atoms with Crippen molar-refractivity contribution in [2.24, 2.45) is 5.92 Å². The van der Waals surface area contributed by atoms with Gasteiger partial charge in [0.2, 0.25) is 0 Å². The van der Waals surface area contributed by atoms with Crippen LogP contribution in [0, 0.1) is 5.92 Å². The number of carbonyl (C=O) groups is 2. The molecule has 0 rings (SSSR count). The molecule has 0 aliphatic heterocycles. The summed E-state index contributed by atoms with van der Waals surface area (Å²) in [5.41, 5.74) is 0. The van der Waals surface area contributed by atoms with Crippen LogP contribution in [-0.2, 0) is 19.7 Å². The fourth-order valence-electron chi connectivity index (χ4n) is 3.96. The van der Waals surface area contributed by atoms with Gasteiger partial charge in [0.05, 0.1) is 5.97 Å². The molecule has 0 saturated carbocycles. The summed E-state index contributed by atoms with van der Waals surface area (Å²) in [5, 5.41) is 23.2. The third kappa shape index (κ3) is 15.0. The van der Waals surface area contributed by atoms with E-state index in [1.54, 1.807) is 0 Å². The molecule has 1 N–H and O–H groups in total. The van der Waals surface area contributed by atoms with Crippen LogP contribution < -0.4 is 113 Å². The monoisotopic (exact) mass is 512 g/mol. The first-order valence-electron chi connectivity index (χ1n) is 11.0. The Labute approximate surface area is 273 Å². The van der Waals surface area contributed by atoms with E-state index >= 15 is 0 Å². The molecular weight excluding hydrogens is 474 g/mol. The molecule has 2 atom stereocenters. The Balaban J connectivity index is -0.00000392. The minimum absolute atomic E-state index is 0. The molecular formula is C21H38K2O7S. The molecule has 0 aliphatic carbocycles. The van der Waals surface area contributed by atoms with E-state index in [2.05, 4.69) is 13.8 Å². The van der Waals surface area contributed by atoms with E-state index < -0.39 is 39.1 Å². The molecule has 0 aromatic carbocycles. The maximum atomic E-state index is 12.2. The van der Waals surface area contributed by atoms with Crippen LogP contribution in [0.3, 0.4) is 0 Å². The summed E-state index contributed by atoms with van der Waals surface area (Å²) in [7, 11) is -5.07. The standard InChI is InChI=1S/C21H40O7S.2K/c1-3-5-7-9-11-13-15-18(17-19(22)23)21(20(24)25,29(26,27)28)16-14-12-10-8-6-4-2;;/h18H,3-17H2,1-2H3,(H,22,23)(H,24,25)(H,26,27,28);;/q;2*+1/p-2. The average molecular weight is 513 g/mol. The molecule has 0 heterocycles. The van der Waals surface area contributed by atoms with Crippen LogP contribution in [0.5, 0.6) is 0 Å². The number of hydrogen-bond acceptors (Lipinski definition) is 6. The van der Waals surface area contributed by atoms with Gasteiger partial charge in [-0.2, -0.15) is 8.42 Å². The van der Waals surface area contributed by atoms with Gasteiger partial charge in [-0.05, 0) is 25.2 Å². The van der Waals surface area contributed by atoms with E-state index in [4.69, 9.17) is 0 Å². The van der Waals surface area contributed by atoms with Gasteiger partial charge >= 0.3 is 103 Å². The summed E-state index contributed by atoms with van der Waals surface area (Å²) < 4.78 is 31.6. The van der Waals surface area contributed by atoms with Gasteiger partial charge < -0.3 is 19.8 Å². The minimum atomic E-state index is -5.07. The van der Waals surface area contributed by atoms with E-state index in [9.17, 15) is 32.8 Å². The Morgan fingerprint density at radius 1 is 0.806 bits per heavy atom. The molecule has 2 unspecified atom stereocenters. The number of hydrogen-bond donors (Lipinski definition) is 1. The summed E-state index contributed by atoms with van der Waals surface area (Å²) in [6.45, 7) is 4.14. The Hall–Kier alpha value is 2.12. The number of carboxylic acid groups (broad SMARTS) is 2. The molecule has 0 amide bonds. The number of unbranched alkanes of at least 4 members (excludes halogenated alkanes) is 10. The van der Waals surface area contributed by atoms with Crippen LogP contribution in [0.25, 0.3) is 0 Å². The van der Waals surface area contributed by atoms with Crippen LogP contribution >= 0.6 is 0 Å². The van der Waals surface area contributed by atoms with Crippen molar-refractivity contribution in [3.05, 3.63) is 0 Å². The SMILES string of the molecule is CCCCCCCCC(CC(=O)[O-])C(CCCCCCCC)(C(=O)[O-])S(=O)(=O)O.[K+].[K+]. The molecule has 0 aliphatic rings. The third-order valence-corrected chi connectivity index (χ3v) is 7.31. The molecule has 0 aromatic heterocycles. The van der Waals surface area contributed by atoms with Gasteiger partial charge in [0.1, 0.15) is 4.75 Å². The van der Waals surface area contributed by atoms with E-state index in [-0.39, 0.29) is 122 Å². The maximum absolute atomic E-state index is 12.2. The molecule has 7 nitrogen and oxygen atoms in total. The predicted molar refractivity (Wildman–Crippen MR) is 108 cm³/mol. The summed E-state index contributed by atoms with van der Waals surface area (Å²) in [6.07, 6.45) is 9.03. The van der Waals surface area contributed by atoms with Crippen molar-refractivity contribution in [1.29, 1.82) is 0 Å². The van der Waals surface area contributed by atoms with Gasteiger partial charge in [0.25, 0.3) is 10.1 Å². The van der Waals surface area contributed by atoms with Crippen LogP contribution in [0.1, 0.15) is 110 Å². The fraction of sp³-hybridized carbons (Fsp3) is 0.905. The number of aliphatic carboxylic acids is 2. The van der Waals surface area contributed by atoms with Gasteiger partial charge in [-0.25, -0.2) is 0 Å². The van der Waals surface area contributed by atoms with Gasteiger partial charge in [-0.15, -0.1) is 0 Å². The molecule has 31 heavy (non-hydrogen) atoms. The van der Waals surface area contributed by atoms with Crippen molar-refractivity contribution < 1.29 is 136 Å². The van der Waals surface area contributed by atoms with E-state index in [1.807, 2.05) is 0 Å². The summed E-state index contributed by atoms with van der Waals surface area (Å²) in [6, 6.07) is 0. The van der Waals surface area contributed by atoms with Crippen molar-refractivity contribution in [2.45, 2.75) is 115 Å². The van der Waals surface area contributed by atoms with E-state index in [0.717, 1.165) is 57.8 Å². The molecule has 10 heteroatoms. The zero-order valence-electron chi connectivity index (χ0n) is 20.0. The van der Waals surface area contributed by atoms with Gasteiger partial charge in [-0.3, -0.25) is 4.55 Å². The van der Waals surface area contributed by atoms with Crippen LogP contribution in [0.2, 0.25) is 0 Å². The first-order valence-corrected chi connectivity index (χ1v) is 12.5. The first kappa shape index (κ1) is 37.7. The Morgan fingerprint density at radius 2 is 1.23 bits per heavy atom. The second kappa shape index (κ2) is 21.4. The number of carboxylic acids is 2. The molecule has 0 radical (unpaired) electrons. The smallest absolute Gasteiger partial charge is 0.550 e. The molecule has 0 saturated heterocycles. The second-order valence-corrected chi connectivity index (χ2v) is 9.68. The van der Waals surface area contributed by atoms with Crippen LogP contribution in [0.15, 0.2) is 0 Å². The zero-order chi connectivity index (χ0) is 22.3. The molecule has 0 spiro atoms. The summed E-state index contributed by atoms with van der Waals surface area (Å²) >= 11 is 0. The van der Waals surface area contributed by atoms with Crippen LogP contribution in [0.4, 0.5) is 0 Å². The van der Waals surface area contributed by atoms with Gasteiger partial charge in [0, 0.05) is 5.97 Å². The number of carbonyl (C=O) groups excluding carboxylic acids is 2. The maximum Gasteiger partial charge on any atom is 1.00 e. The van der Waals surface area contributed by atoms with Crippen molar-refractivity contribution in [2.75, 3.05) is 0 Å². The van der Waals surface area contributed by atoms with Crippen molar-refractivity contribution in [3.63, 3.8) is 0 Å². The van der Waals surface area contributed by atoms with Crippen LogP contribution in [-0.4, -0.2) is 29.7 Å². The Kier molecular flexibility index (Phi) is 26.0. The van der Waals surface area contributed by atoms with Crippen molar-refractivity contribution >= 4 is 22.1 Å². The molecule has 0 aromatic rings. The van der Waals surface area contributed by atoms with Crippen molar-refractivity contribution in [1.82, 2.24) is 0 Å². The largest absolute Gasteiger partial charge is 1.00 e. The fourth-order valence-corrected chi connectivity index (χ4v) is 5.19. The van der Waals surface area contributed by atoms with Crippen molar-refractivity contribution in [3.8, 4) is 0 Å². The molecule has 0 bridgehead atoms. The second-order valence-electron chi connectivity index (χ2n) is 8.00. The van der Waals surface area contributed by atoms with E-state index in [1.165, 1.54) is 0 Å². The number of rotatable bonds is 19. The Bertz CT molecular complexity index is 584. The van der Waals surface area contributed by atoms with Gasteiger partial charge in [0.15, 0.2) is 0 Å². The summed E-state index contributed by atoms with van der Waals surface area (Å²) in [4.78, 5) is 23.2. The van der Waals surface area contributed by atoms with E-state index in [0.29, 0.717) is 12.8 Å². The predicted octanol–water partition coefficient (Wildman–Crippen LogP) is -3.37. The minimum Gasteiger partial charge on any atom is -0.550 e. The first-order chi connectivity index (χ1) is 13.6. The topological polar surface area (TPSA) is 135 Å². The summed E-state index contributed by atoms with van der Waals surface area (Å²) in [5.74, 6) is -4.74. The molecule has 172 valence electrons.